The van der Waals surface area contributed by atoms with Crippen molar-refractivity contribution in [3.63, 3.8) is 0 Å². The molecule has 1 heterocycles. The van der Waals surface area contributed by atoms with Crippen molar-refractivity contribution in [1.82, 2.24) is 15.5 Å². The molecule has 1 aliphatic rings. The van der Waals surface area contributed by atoms with Crippen molar-refractivity contribution in [3.8, 4) is 0 Å². The predicted molar refractivity (Wildman–Crippen MR) is 87.3 cm³/mol. The van der Waals surface area contributed by atoms with Crippen molar-refractivity contribution in [3.05, 3.63) is 0 Å². The molecule has 6 heteroatoms. The van der Waals surface area contributed by atoms with Gasteiger partial charge in [0.15, 0.2) is 5.96 Å². The molecular weight excluding hydrogens is 272 g/mol. The molecule has 0 aromatic rings. The Labute approximate surface area is 127 Å². The highest BCUT2D eigenvalue weighted by atomic mass is 32.2. The Kier molecular flexibility index (Phi) is 7.19. The van der Waals surface area contributed by atoms with Crippen LogP contribution < -0.4 is 10.6 Å². The highest BCUT2D eigenvalue weighted by molar-refractivity contribution is 7.99. The van der Waals surface area contributed by atoms with E-state index in [4.69, 9.17) is 0 Å². The van der Waals surface area contributed by atoms with Crippen LogP contribution in [0.15, 0.2) is 4.99 Å². The quantitative estimate of drug-likeness (QED) is 0.591. The van der Waals surface area contributed by atoms with E-state index in [0.717, 1.165) is 32.0 Å². The zero-order chi connectivity index (χ0) is 15.1. The fourth-order valence-electron chi connectivity index (χ4n) is 2.16. The van der Waals surface area contributed by atoms with Crippen molar-refractivity contribution in [1.29, 1.82) is 0 Å². The maximum absolute atomic E-state index is 11.9. The largest absolute Gasteiger partial charge is 0.355 e. The van der Waals surface area contributed by atoms with Crippen molar-refractivity contribution >= 4 is 23.6 Å². The van der Waals surface area contributed by atoms with Gasteiger partial charge in [-0.05, 0) is 12.7 Å². The normalized spacial score (nSPS) is 21.2. The lowest BCUT2D eigenvalue weighted by Gasteiger charge is -2.21. The number of nitrogens with zero attached hydrogens (tertiary/aromatic N) is 2. The van der Waals surface area contributed by atoms with Crippen LogP contribution in [0.1, 0.15) is 27.2 Å². The third-order valence-corrected chi connectivity index (χ3v) is 4.49. The summed E-state index contributed by atoms with van der Waals surface area (Å²) in [6, 6.07) is 0.300. The first-order valence-corrected chi connectivity index (χ1v) is 8.55. The van der Waals surface area contributed by atoms with Gasteiger partial charge in [-0.25, -0.2) is 0 Å². The van der Waals surface area contributed by atoms with Crippen LogP contribution in [0.5, 0.6) is 0 Å². The molecule has 0 aliphatic carbocycles. The van der Waals surface area contributed by atoms with Crippen LogP contribution in [0, 0.1) is 5.92 Å². The summed E-state index contributed by atoms with van der Waals surface area (Å²) in [5.74, 6) is 1.15. The Bertz CT molecular complexity index is 346. The van der Waals surface area contributed by atoms with Crippen LogP contribution in [0.25, 0.3) is 0 Å². The first-order chi connectivity index (χ1) is 9.47. The molecule has 2 unspecified atom stereocenters. The van der Waals surface area contributed by atoms with Gasteiger partial charge in [0.1, 0.15) is 0 Å². The summed E-state index contributed by atoms with van der Waals surface area (Å²) in [6.07, 6.45) is 3.09. The van der Waals surface area contributed by atoms with Gasteiger partial charge >= 0.3 is 0 Å². The van der Waals surface area contributed by atoms with Crippen molar-refractivity contribution in [2.24, 2.45) is 10.9 Å². The minimum atomic E-state index is 0.0774. The molecule has 1 saturated heterocycles. The van der Waals surface area contributed by atoms with Crippen LogP contribution in [0.3, 0.4) is 0 Å². The van der Waals surface area contributed by atoms with Crippen LogP contribution in [-0.4, -0.2) is 61.0 Å². The van der Waals surface area contributed by atoms with Gasteiger partial charge in [-0.15, -0.1) is 0 Å². The molecule has 1 rings (SSSR count). The molecule has 0 aromatic heterocycles. The minimum Gasteiger partial charge on any atom is -0.355 e. The lowest BCUT2D eigenvalue weighted by Crippen LogP contribution is -2.46. The second-order valence-electron chi connectivity index (χ2n) is 5.57. The number of thioether (sulfide) groups is 1. The fraction of sp³-hybridized carbons (Fsp3) is 0.857. The number of carbonyl (C=O) groups excluding carboxylic acids is 1. The van der Waals surface area contributed by atoms with E-state index in [-0.39, 0.29) is 11.8 Å². The molecule has 116 valence electrons. The predicted octanol–water partition coefficient (Wildman–Crippen LogP) is 1.16. The number of hydrogen-bond acceptors (Lipinski definition) is 3. The van der Waals surface area contributed by atoms with E-state index in [0.29, 0.717) is 11.3 Å². The summed E-state index contributed by atoms with van der Waals surface area (Å²) in [7, 11) is 1.78. The van der Waals surface area contributed by atoms with Gasteiger partial charge in [-0.1, -0.05) is 20.8 Å². The second-order valence-corrected chi connectivity index (χ2v) is 6.84. The molecule has 5 nitrogen and oxygen atoms in total. The van der Waals surface area contributed by atoms with E-state index < -0.39 is 0 Å². The van der Waals surface area contributed by atoms with Gasteiger partial charge in [0, 0.05) is 43.9 Å². The molecule has 1 aliphatic heterocycles. The molecule has 2 N–H and O–H groups in total. The number of guanidine groups is 1. The first kappa shape index (κ1) is 17.1. The molecule has 0 bridgehead atoms. The summed E-state index contributed by atoms with van der Waals surface area (Å²) >= 11 is 1.83. The smallest absolute Gasteiger partial charge is 0.225 e. The lowest BCUT2D eigenvalue weighted by atomic mass is 10.2. The first-order valence-electron chi connectivity index (χ1n) is 7.26. The molecule has 0 radical (unpaired) electrons. The van der Waals surface area contributed by atoms with Crippen LogP contribution in [-0.2, 0) is 4.79 Å². The topological polar surface area (TPSA) is 56.7 Å². The van der Waals surface area contributed by atoms with Crippen molar-refractivity contribution in [2.45, 2.75) is 38.5 Å². The van der Waals surface area contributed by atoms with Gasteiger partial charge in [-0.2, -0.15) is 11.8 Å². The number of aliphatic imine (C=N–C) groups is 1. The number of amides is 1. The van der Waals surface area contributed by atoms with Crippen molar-refractivity contribution in [2.75, 3.05) is 32.9 Å². The number of rotatable bonds is 5. The number of nitrogens with one attached hydrogen (secondary N) is 2. The summed E-state index contributed by atoms with van der Waals surface area (Å²) < 4.78 is 0. The molecule has 1 fully saturated rings. The Morgan fingerprint density at radius 3 is 2.70 bits per heavy atom. The molecule has 0 spiro atoms. The van der Waals surface area contributed by atoms with E-state index in [1.165, 1.54) is 0 Å². The highest BCUT2D eigenvalue weighted by Gasteiger charge is 2.27. The maximum Gasteiger partial charge on any atom is 0.225 e. The van der Waals surface area contributed by atoms with Gasteiger partial charge in [0.05, 0.1) is 0 Å². The number of hydrogen-bond donors (Lipinski definition) is 2. The number of carbonyl (C=O) groups is 1. The van der Waals surface area contributed by atoms with E-state index >= 15 is 0 Å². The summed E-state index contributed by atoms with van der Waals surface area (Å²) in [5, 5.41) is 7.29. The standard InChI is InChI=1S/C14H28N4OS/c1-10(2)13(19)18-7-6-12(9-18)17-14(15-4)16-8-11(3)20-5/h10-12H,6-9H2,1-5H3,(H2,15,16,17). The fourth-order valence-corrected chi connectivity index (χ4v) is 2.41. The van der Waals surface area contributed by atoms with E-state index in [2.05, 4.69) is 28.8 Å². The summed E-state index contributed by atoms with van der Waals surface area (Å²) in [4.78, 5) is 18.1. The van der Waals surface area contributed by atoms with Gasteiger partial charge in [-0.3, -0.25) is 9.79 Å². The molecular formula is C14H28N4OS. The molecule has 20 heavy (non-hydrogen) atoms. The van der Waals surface area contributed by atoms with Gasteiger partial charge in [0.25, 0.3) is 0 Å². The average molecular weight is 300 g/mol. The lowest BCUT2D eigenvalue weighted by molar-refractivity contribution is -0.133. The van der Waals surface area contributed by atoms with Crippen LogP contribution in [0.4, 0.5) is 0 Å². The zero-order valence-corrected chi connectivity index (χ0v) is 14.1. The Morgan fingerprint density at radius 2 is 2.15 bits per heavy atom. The Balaban J connectivity index is 2.39. The average Bonchev–Trinajstić information content (AvgIpc) is 2.90. The van der Waals surface area contributed by atoms with Crippen LogP contribution in [0.2, 0.25) is 0 Å². The monoisotopic (exact) mass is 300 g/mol. The molecule has 2 atom stereocenters. The molecule has 1 amide bonds. The van der Waals surface area contributed by atoms with Gasteiger partial charge in [0.2, 0.25) is 5.91 Å². The number of likely N-dealkylation sites (tertiary alicyclic amines) is 1. The molecule has 0 saturated carbocycles. The van der Waals surface area contributed by atoms with Gasteiger partial charge < -0.3 is 15.5 Å². The minimum absolute atomic E-state index is 0.0774. The zero-order valence-electron chi connectivity index (χ0n) is 13.3. The van der Waals surface area contributed by atoms with Crippen molar-refractivity contribution < 1.29 is 4.79 Å². The van der Waals surface area contributed by atoms with E-state index in [1.807, 2.05) is 30.5 Å². The Morgan fingerprint density at radius 1 is 1.45 bits per heavy atom. The Hall–Kier alpha value is -0.910. The van der Waals surface area contributed by atoms with E-state index in [1.54, 1.807) is 7.05 Å². The SMILES string of the molecule is CN=C(NCC(C)SC)NC1CCN(C(=O)C(C)C)C1. The third-order valence-electron chi connectivity index (χ3n) is 3.52. The summed E-state index contributed by atoms with van der Waals surface area (Å²) in [6.45, 7) is 8.59. The second kappa shape index (κ2) is 8.39. The van der Waals surface area contributed by atoms with Crippen LogP contribution >= 0.6 is 11.8 Å². The van der Waals surface area contributed by atoms with E-state index in [9.17, 15) is 4.79 Å². The highest BCUT2D eigenvalue weighted by Crippen LogP contribution is 2.12. The molecule has 0 aromatic carbocycles. The third kappa shape index (κ3) is 5.23. The summed E-state index contributed by atoms with van der Waals surface area (Å²) in [5.41, 5.74) is 0. The maximum atomic E-state index is 11.9.